The van der Waals surface area contributed by atoms with E-state index in [0.717, 1.165) is 44.6 Å². The molecule has 2 aliphatic rings. The summed E-state index contributed by atoms with van der Waals surface area (Å²) < 4.78 is 5.86. The van der Waals surface area contributed by atoms with Crippen LogP contribution in [-0.2, 0) is 17.6 Å². The van der Waals surface area contributed by atoms with Crippen molar-refractivity contribution in [3.05, 3.63) is 29.3 Å². The summed E-state index contributed by atoms with van der Waals surface area (Å²) >= 11 is 0. The highest BCUT2D eigenvalue weighted by atomic mass is 16.5. The second-order valence-corrected chi connectivity index (χ2v) is 6.76. The van der Waals surface area contributed by atoms with Crippen LogP contribution in [-0.4, -0.2) is 42.6 Å². The molecule has 1 atom stereocenters. The molecule has 4 nitrogen and oxygen atoms in total. The Bertz CT molecular complexity index is 550. The van der Waals surface area contributed by atoms with E-state index in [1.165, 1.54) is 24.0 Å². The summed E-state index contributed by atoms with van der Waals surface area (Å²) in [6, 6.07) is 6.53. The Balaban J connectivity index is 1.50. The number of amides is 1. The zero-order valence-corrected chi connectivity index (χ0v) is 14.3. The van der Waals surface area contributed by atoms with Gasteiger partial charge in [-0.05, 0) is 68.8 Å². The van der Waals surface area contributed by atoms with Crippen molar-refractivity contribution in [2.24, 2.45) is 0 Å². The van der Waals surface area contributed by atoms with E-state index in [1.807, 2.05) is 13.0 Å². The van der Waals surface area contributed by atoms with Gasteiger partial charge in [0.1, 0.15) is 5.75 Å². The molecule has 0 saturated carbocycles. The number of benzene rings is 1. The average Bonchev–Trinajstić information content (AvgIpc) is 3.03. The van der Waals surface area contributed by atoms with Crippen molar-refractivity contribution in [3.8, 4) is 5.75 Å². The van der Waals surface area contributed by atoms with Crippen molar-refractivity contribution in [1.82, 2.24) is 10.2 Å². The zero-order chi connectivity index (χ0) is 16.2. The second kappa shape index (κ2) is 7.35. The number of nitrogens with zero attached hydrogens (tertiary/aromatic N) is 1. The highest BCUT2D eigenvalue weighted by Crippen LogP contribution is 2.26. The van der Waals surface area contributed by atoms with E-state index in [9.17, 15) is 4.79 Å². The van der Waals surface area contributed by atoms with Crippen LogP contribution in [0.25, 0.3) is 0 Å². The van der Waals surface area contributed by atoms with Crippen LogP contribution < -0.4 is 10.1 Å². The van der Waals surface area contributed by atoms with Gasteiger partial charge < -0.3 is 15.0 Å². The normalized spacial score (nSPS) is 20.1. The lowest BCUT2D eigenvalue weighted by Gasteiger charge is -2.32. The number of likely N-dealkylation sites (tertiary alicyclic amines) is 1. The van der Waals surface area contributed by atoms with Gasteiger partial charge in [-0.3, -0.25) is 4.79 Å². The quantitative estimate of drug-likeness (QED) is 0.908. The van der Waals surface area contributed by atoms with Crippen LogP contribution in [0.15, 0.2) is 18.2 Å². The van der Waals surface area contributed by atoms with Gasteiger partial charge in [-0.15, -0.1) is 0 Å². The van der Waals surface area contributed by atoms with Gasteiger partial charge in [0.15, 0.2) is 6.10 Å². The third-order valence-electron chi connectivity index (χ3n) is 5.13. The molecular weight excluding hydrogens is 288 g/mol. The Labute approximate surface area is 139 Å². The molecule has 4 heteroatoms. The molecule has 1 heterocycles. The maximum Gasteiger partial charge on any atom is 0.260 e. The summed E-state index contributed by atoms with van der Waals surface area (Å²) in [5.74, 6) is 0.814. The van der Waals surface area contributed by atoms with Crippen LogP contribution in [0.1, 0.15) is 44.2 Å². The third kappa shape index (κ3) is 4.05. The van der Waals surface area contributed by atoms with E-state index < -0.39 is 6.10 Å². The fourth-order valence-electron chi connectivity index (χ4n) is 3.59. The number of carbonyl (C=O) groups excluding carboxylic acids is 1. The van der Waals surface area contributed by atoms with Crippen LogP contribution >= 0.6 is 0 Å². The number of carbonyl (C=O) groups is 1. The molecule has 1 N–H and O–H groups in total. The third-order valence-corrected chi connectivity index (χ3v) is 5.13. The number of ether oxygens (including phenoxy) is 1. The first kappa shape index (κ1) is 16.3. The summed E-state index contributed by atoms with van der Waals surface area (Å²) in [5.41, 5.74) is 2.80. The lowest BCUT2D eigenvalue weighted by molar-refractivity contribution is -0.128. The van der Waals surface area contributed by atoms with Crippen LogP contribution in [0.3, 0.4) is 0 Å². The fraction of sp³-hybridized carbons (Fsp3) is 0.632. The van der Waals surface area contributed by atoms with E-state index in [0.29, 0.717) is 0 Å². The Kier molecular flexibility index (Phi) is 5.21. The number of aryl methyl sites for hydroxylation is 2. The van der Waals surface area contributed by atoms with Gasteiger partial charge in [0.2, 0.25) is 0 Å². The molecule has 1 amide bonds. The van der Waals surface area contributed by atoms with Crippen LogP contribution in [0, 0.1) is 0 Å². The fourth-order valence-corrected chi connectivity index (χ4v) is 3.59. The summed E-state index contributed by atoms with van der Waals surface area (Å²) in [5, 5.41) is 3.15. The second-order valence-electron chi connectivity index (χ2n) is 6.76. The van der Waals surface area contributed by atoms with Crippen molar-refractivity contribution in [2.75, 3.05) is 19.6 Å². The smallest absolute Gasteiger partial charge is 0.260 e. The van der Waals surface area contributed by atoms with E-state index in [-0.39, 0.29) is 11.9 Å². The molecule has 1 aliphatic heterocycles. The van der Waals surface area contributed by atoms with Gasteiger partial charge in [-0.1, -0.05) is 13.0 Å². The first-order chi connectivity index (χ1) is 11.2. The molecule has 1 aliphatic carbocycles. The predicted octanol–water partition coefficient (Wildman–Crippen LogP) is 2.54. The predicted molar refractivity (Wildman–Crippen MR) is 91.8 cm³/mol. The number of fused-ring (bicyclic) bond motifs is 1. The van der Waals surface area contributed by atoms with Crippen LogP contribution in [0.4, 0.5) is 0 Å². The molecule has 126 valence electrons. The van der Waals surface area contributed by atoms with Crippen LogP contribution in [0.2, 0.25) is 0 Å². The molecule has 1 saturated heterocycles. The molecule has 0 aromatic heterocycles. The van der Waals surface area contributed by atoms with Gasteiger partial charge >= 0.3 is 0 Å². The summed E-state index contributed by atoms with van der Waals surface area (Å²) in [4.78, 5) is 14.8. The monoisotopic (exact) mass is 316 g/mol. The maximum atomic E-state index is 12.4. The molecule has 0 radical (unpaired) electrons. The van der Waals surface area contributed by atoms with Gasteiger partial charge in [0, 0.05) is 19.1 Å². The van der Waals surface area contributed by atoms with E-state index >= 15 is 0 Å². The lowest BCUT2D eigenvalue weighted by atomic mass is 10.0. The highest BCUT2D eigenvalue weighted by Gasteiger charge is 2.23. The number of rotatable bonds is 5. The van der Waals surface area contributed by atoms with Gasteiger partial charge in [-0.2, -0.15) is 0 Å². The average molecular weight is 316 g/mol. The largest absolute Gasteiger partial charge is 0.481 e. The molecule has 1 fully saturated rings. The lowest BCUT2D eigenvalue weighted by Crippen LogP contribution is -2.48. The Morgan fingerprint density at radius 2 is 2.04 bits per heavy atom. The van der Waals surface area contributed by atoms with Gasteiger partial charge in [0.25, 0.3) is 5.91 Å². The first-order valence-corrected chi connectivity index (χ1v) is 8.97. The summed E-state index contributed by atoms with van der Waals surface area (Å²) in [6.07, 6.45) is 5.14. The van der Waals surface area contributed by atoms with E-state index in [1.54, 1.807) is 0 Å². The van der Waals surface area contributed by atoms with Crippen molar-refractivity contribution < 1.29 is 9.53 Å². The molecule has 0 unspecified atom stereocenters. The first-order valence-electron chi connectivity index (χ1n) is 8.97. The van der Waals surface area contributed by atoms with Crippen molar-refractivity contribution >= 4 is 5.91 Å². The summed E-state index contributed by atoms with van der Waals surface area (Å²) in [7, 11) is 0. The van der Waals surface area contributed by atoms with E-state index in [4.69, 9.17) is 4.74 Å². The summed E-state index contributed by atoms with van der Waals surface area (Å²) in [6.45, 7) is 7.26. The van der Waals surface area contributed by atoms with Gasteiger partial charge in [-0.25, -0.2) is 0 Å². The van der Waals surface area contributed by atoms with Crippen molar-refractivity contribution in [2.45, 2.75) is 58.1 Å². The SMILES string of the molecule is CCN1CCC(NC(=O)[C@H](C)Oc2ccc3c(c2)CCC3)CC1. The zero-order valence-electron chi connectivity index (χ0n) is 14.3. The number of nitrogens with one attached hydrogen (secondary N) is 1. The number of hydrogen-bond donors (Lipinski definition) is 1. The molecule has 0 bridgehead atoms. The maximum absolute atomic E-state index is 12.4. The van der Waals surface area contributed by atoms with Crippen molar-refractivity contribution in [3.63, 3.8) is 0 Å². The minimum Gasteiger partial charge on any atom is -0.481 e. The van der Waals surface area contributed by atoms with Crippen LogP contribution in [0.5, 0.6) is 5.75 Å². The standard InChI is InChI=1S/C19H28N2O2/c1-3-21-11-9-17(10-12-21)20-19(22)14(2)23-18-8-7-15-5-4-6-16(15)13-18/h7-8,13-14,17H,3-6,9-12H2,1-2H3,(H,20,22)/t14-/m0/s1. The Hall–Kier alpha value is -1.55. The van der Waals surface area contributed by atoms with E-state index in [2.05, 4.69) is 29.3 Å². The topological polar surface area (TPSA) is 41.6 Å². The Morgan fingerprint density at radius 1 is 1.30 bits per heavy atom. The molecule has 23 heavy (non-hydrogen) atoms. The molecule has 1 aromatic rings. The van der Waals surface area contributed by atoms with Crippen molar-refractivity contribution in [1.29, 1.82) is 0 Å². The molecular formula is C19H28N2O2. The minimum atomic E-state index is -0.446. The minimum absolute atomic E-state index is 0.000414. The van der Waals surface area contributed by atoms with Gasteiger partial charge in [0.05, 0.1) is 0 Å². The molecule has 3 rings (SSSR count). The number of piperidine rings is 1. The highest BCUT2D eigenvalue weighted by molar-refractivity contribution is 5.81. The molecule has 0 spiro atoms. The number of hydrogen-bond acceptors (Lipinski definition) is 3. The molecule has 1 aromatic carbocycles. The Morgan fingerprint density at radius 3 is 2.78 bits per heavy atom.